The number of aromatic nitrogens is 1. The fraction of sp³-hybridized carbons (Fsp3) is 0.421. The minimum absolute atomic E-state index is 0.802. The molecule has 0 aliphatic carbocycles. The topological polar surface area (TPSA) is 16.1 Å². The zero-order valence-corrected chi connectivity index (χ0v) is 13.4. The average Bonchev–Trinajstić information content (AvgIpc) is 2.47. The number of benzene rings is 1. The summed E-state index contributed by atoms with van der Waals surface area (Å²) in [5.41, 5.74) is 2.09. The van der Waals surface area contributed by atoms with Crippen LogP contribution in [-0.4, -0.2) is 30.0 Å². The van der Waals surface area contributed by atoms with Crippen LogP contribution in [0.15, 0.2) is 42.5 Å². The first-order valence-corrected chi connectivity index (χ1v) is 7.86. The Morgan fingerprint density at radius 3 is 2.76 bits per heavy atom. The van der Waals surface area contributed by atoms with E-state index < -0.39 is 0 Å². The van der Waals surface area contributed by atoms with E-state index in [1.807, 2.05) is 12.1 Å². The van der Waals surface area contributed by atoms with E-state index >= 15 is 0 Å². The summed E-state index contributed by atoms with van der Waals surface area (Å²) in [6, 6.07) is 12.5. The van der Waals surface area contributed by atoms with Gasteiger partial charge in [0.05, 0.1) is 11.2 Å². The third-order valence-electron chi connectivity index (χ3n) is 3.65. The maximum atomic E-state index is 4.65. The van der Waals surface area contributed by atoms with E-state index in [0.717, 1.165) is 30.2 Å². The molecular formula is C19H26N2. The molecule has 0 spiro atoms. The summed E-state index contributed by atoms with van der Waals surface area (Å²) in [6.45, 7) is 6.71. The van der Waals surface area contributed by atoms with E-state index in [1.165, 1.54) is 18.2 Å². The van der Waals surface area contributed by atoms with Gasteiger partial charge in [-0.15, -0.1) is 0 Å². The lowest BCUT2D eigenvalue weighted by Gasteiger charge is -2.14. The third kappa shape index (κ3) is 5.31. The summed E-state index contributed by atoms with van der Waals surface area (Å²) in [5, 5.41) is 1.19. The Hall–Kier alpha value is -1.67. The van der Waals surface area contributed by atoms with Crippen LogP contribution in [0.3, 0.4) is 0 Å². The van der Waals surface area contributed by atoms with Crippen molar-refractivity contribution in [3.63, 3.8) is 0 Å². The van der Waals surface area contributed by atoms with Crippen molar-refractivity contribution in [2.24, 2.45) is 5.92 Å². The molecule has 0 aliphatic rings. The Labute approximate surface area is 128 Å². The summed E-state index contributed by atoms with van der Waals surface area (Å²) in [7, 11) is 2.18. The van der Waals surface area contributed by atoms with Crippen LogP contribution in [-0.2, 0) is 0 Å². The van der Waals surface area contributed by atoms with Gasteiger partial charge in [-0.25, -0.2) is 4.98 Å². The lowest BCUT2D eigenvalue weighted by molar-refractivity contribution is 0.348. The highest BCUT2D eigenvalue weighted by Crippen LogP contribution is 2.12. The molecule has 0 unspecified atom stereocenters. The van der Waals surface area contributed by atoms with Crippen molar-refractivity contribution in [1.29, 1.82) is 0 Å². The van der Waals surface area contributed by atoms with E-state index in [1.54, 1.807) is 0 Å². The van der Waals surface area contributed by atoms with Crippen LogP contribution < -0.4 is 0 Å². The Morgan fingerprint density at radius 1 is 1.14 bits per heavy atom. The number of para-hydroxylation sites is 1. The normalized spacial score (nSPS) is 12.0. The summed E-state index contributed by atoms with van der Waals surface area (Å²) in [4.78, 5) is 7.01. The summed E-state index contributed by atoms with van der Waals surface area (Å²) < 4.78 is 0. The van der Waals surface area contributed by atoms with Gasteiger partial charge in [0.1, 0.15) is 0 Å². The van der Waals surface area contributed by atoms with Gasteiger partial charge in [0.15, 0.2) is 0 Å². The van der Waals surface area contributed by atoms with Crippen molar-refractivity contribution >= 4 is 17.0 Å². The first-order valence-electron chi connectivity index (χ1n) is 7.86. The molecule has 112 valence electrons. The molecule has 0 saturated carbocycles. The smallest absolute Gasteiger partial charge is 0.0709 e. The van der Waals surface area contributed by atoms with E-state index in [2.05, 4.69) is 67.2 Å². The number of nitrogens with zero attached hydrogens (tertiary/aromatic N) is 2. The van der Waals surface area contributed by atoms with E-state index in [0.29, 0.717) is 0 Å². The second kappa shape index (κ2) is 7.94. The highest BCUT2D eigenvalue weighted by atomic mass is 15.1. The number of fused-ring (bicyclic) bond motifs is 1. The third-order valence-corrected chi connectivity index (χ3v) is 3.65. The molecule has 0 bridgehead atoms. The maximum Gasteiger partial charge on any atom is 0.0709 e. The van der Waals surface area contributed by atoms with Crippen molar-refractivity contribution in [3.05, 3.63) is 48.2 Å². The second-order valence-corrected chi connectivity index (χ2v) is 6.13. The quantitative estimate of drug-likeness (QED) is 0.737. The number of hydrogen-bond acceptors (Lipinski definition) is 2. The van der Waals surface area contributed by atoms with Crippen molar-refractivity contribution in [1.82, 2.24) is 9.88 Å². The molecule has 0 aliphatic heterocycles. The summed E-state index contributed by atoms with van der Waals surface area (Å²) >= 11 is 0. The van der Waals surface area contributed by atoms with Gasteiger partial charge in [-0.3, -0.25) is 0 Å². The maximum absolute atomic E-state index is 4.65. The molecule has 1 aromatic heterocycles. The zero-order valence-electron chi connectivity index (χ0n) is 13.4. The molecule has 0 N–H and O–H groups in total. The number of rotatable bonds is 7. The van der Waals surface area contributed by atoms with Gasteiger partial charge >= 0.3 is 0 Å². The largest absolute Gasteiger partial charge is 0.303 e. The Morgan fingerprint density at radius 2 is 1.95 bits per heavy atom. The van der Waals surface area contributed by atoms with Gasteiger partial charge in [0.2, 0.25) is 0 Å². The predicted molar refractivity (Wildman–Crippen MR) is 92.3 cm³/mol. The van der Waals surface area contributed by atoms with Gasteiger partial charge in [-0.1, -0.05) is 44.2 Å². The Kier molecular flexibility index (Phi) is 5.94. The predicted octanol–water partition coefficient (Wildman–Crippen LogP) is 4.62. The summed E-state index contributed by atoms with van der Waals surface area (Å²) in [5.74, 6) is 0.802. The highest BCUT2D eigenvalue weighted by molar-refractivity contribution is 5.79. The average molecular weight is 282 g/mol. The number of likely N-dealkylation sites (N-methyl/N-ethyl adjacent to an activating group) is 1. The molecule has 21 heavy (non-hydrogen) atoms. The second-order valence-electron chi connectivity index (χ2n) is 6.13. The first kappa shape index (κ1) is 15.7. The van der Waals surface area contributed by atoms with E-state index in [4.69, 9.17) is 0 Å². The first-order chi connectivity index (χ1) is 10.1. The molecule has 1 aromatic carbocycles. The molecular weight excluding hydrogens is 256 g/mol. The van der Waals surface area contributed by atoms with Gasteiger partial charge in [0, 0.05) is 11.9 Å². The van der Waals surface area contributed by atoms with Gasteiger partial charge in [-0.05, 0) is 50.6 Å². The lowest BCUT2D eigenvalue weighted by atomic mass is 10.1. The van der Waals surface area contributed by atoms with E-state index in [-0.39, 0.29) is 0 Å². The highest BCUT2D eigenvalue weighted by Gasteiger charge is 1.98. The van der Waals surface area contributed by atoms with Crippen molar-refractivity contribution in [2.75, 3.05) is 20.1 Å². The van der Waals surface area contributed by atoms with Crippen LogP contribution in [0.1, 0.15) is 32.4 Å². The minimum atomic E-state index is 0.802. The SMILES string of the molecule is CC(C)CCCN(C)C/C=C/c1ccc2ccccc2n1. The molecule has 0 radical (unpaired) electrons. The monoisotopic (exact) mass is 282 g/mol. The molecule has 2 heteroatoms. The number of hydrogen-bond donors (Lipinski definition) is 0. The fourth-order valence-electron chi connectivity index (χ4n) is 2.39. The lowest BCUT2D eigenvalue weighted by Crippen LogP contribution is -2.19. The molecule has 2 aromatic rings. The van der Waals surface area contributed by atoms with Crippen molar-refractivity contribution in [3.8, 4) is 0 Å². The van der Waals surface area contributed by atoms with Crippen LogP contribution in [0.5, 0.6) is 0 Å². The van der Waals surface area contributed by atoms with E-state index in [9.17, 15) is 0 Å². The van der Waals surface area contributed by atoms with Crippen LogP contribution in [0.2, 0.25) is 0 Å². The van der Waals surface area contributed by atoms with Crippen LogP contribution >= 0.6 is 0 Å². The van der Waals surface area contributed by atoms with Crippen LogP contribution in [0, 0.1) is 5.92 Å². The van der Waals surface area contributed by atoms with Gasteiger partial charge in [0.25, 0.3) is 0 Å². The molecule has 0 atom stereocenters. The van der Waals surface area contributed by atoms with Crippen LogP contribution in [0.25, 0.3) is 17.0 Å². The minimum Gasteiger partial charge on any atom is -0.303 e. The van der Waals surface area contributed by atoms with Crippen LogP contribution in [0.4, 0.5) is 0 Å². The Bertz CT molecular complexity index is 587. The standard InChI is InChI=1S/C19H26N2/c1-16(2)8-6-14-21(3)15-7-10-18-13-12-17-9-4-5-11-19(17)20-18/h4-5,7,9-13,16H,6,8,14-15H2,1-3H3/b10-7+. The molecule has 0 amide bonds. The van der Waals surface area contributed by atoms with Crippen molar-refractivity contribution < 1.29 is 0 Å². The number of pyridine rings is 1. The van der Waals surface area contributed by atoms with Gasteiger partial charge in [-0.2, -0.15) is 0 Å². The Balaban J connectivity index is 1.85. The molecule has 0 saturated heterocycles. The summed E-state index contributed by atoms with van der Waals surface area (Å²) in [6.07, 6.45) is 6.90. The molecule has 2 rings (SSSR count). The molecule has 0 fully saturated rings. The molecule has 2 nitrogen and oxygen atoms in total. The van der Waals surface area contributed by atoms with Crippen molar-refractivity contribution in [2.45, 2.75) is 26.7 Å². The molecule has 1 heterocycles. The fourth-order valence-corrected chi connectivity index (χ4v) is 2.39. The zero-order chi connectivity index (χ0) is 15.1. The van der Waals surface area contributed by atoms with Gasteiger partial charge < -0.3 is 4.90 Å².